The molecule has 6 heteroatoms. The van der Waals surface area contributed by atoms with Gasteiger partial charge in [-0.2, -0.15) is 0 Å². The molecule has 3 N–H and O–H groups in total. The summed E-state index contributed by atoms with van der Waals surface area (Å²) >= 11 is 5.93. The van der Waals surface area contributed by atoms with Crippen LogP contribution in [0.2, 0.25) is 0 Å². The number of alkyl halides is 1. The van der Waals surface area contributed by atoms with Crippen LogP contribution in [-0.2, 0) is 9.85 Å². The number of nitrogens with zero attached hydrogens (tertiary/aromatic N) is 1. The van der Waals surface area contributed by atoms with Crippen molar-refractivity contribution in [2.75, 3.05) is 5.43 Å². The highest BCUT2D eigenvalue weighted by atomic mass is 35.5. The Bertz CT molecular complexity index is 476. The summed E-state index contributed by atoms with van der Waals surface area (Å²) in [7, 11) is 0. The monoisotopic (exact) mass is 242 g/mol. The van der Waals surface area contributed by atoms with Gasteiger partial charge in [0.15, 0.2) is 0 Å². The molecule has 2 heterocycles. The summed E-state index contributed by atoms with van der Waals surface area (Å²) in [4.78, 5) is 11.1. The van der Waals surface area contributed by atoms with E-state index in [1.54, 1.807) is 25.3 Å². The van der Waals surface area contributed by atoms with E-state index >= 15 is 0 Å². The Morgan fingerprint density at radius 1 is 1.69 bits per heavy atom. The Morgan fingerprint density at radius 3 is 2.94 bits per heavy atom. The number of allylic oxidation sites excluding steroid dienone is 1. The van der Waals surface area contributed by atoms with Gasteiger partial charge < -0.3 is 10.2 Å². The first kappa shape index (κ1) is 11.0. The first-order valence-corrected chi connectivity index (χ1v) is 5.19. The van der Waals surface area contributed by atoms with E-state index in [0.29, 0.717) is 17.8 Å². The molecule has 0 saturated heterocycles. The first-order valence-electron chi connectivity index (χ1n) is 4.81. The summed E-state index contributed by atoms with van der Waals surface area (Å²) in [5, 5.41) is 17.2. The highest BCUT2D eigenvalue weighted by molar-refractivity contribution is 6.27. The molecule has 1 aromatic rings. The van der Waals surface area contributed by atoms with Crippen LogP contribution in [0.15, 0.2) is 29.6 Å². The van der Waals surface area contributed by atoms with Gasteiger partial charge in [0, 0.05) is 11.9 Å². The molecular formula is C10H11ClN2O3. The van der Waals surface area contributed by atoms with Crippen LogP contribution in [0.5, 0.6) is 0 Å². The SMILES string of the molecule is CCC1=C(C(=O)O)C(O)(Cl)c2cccn2N1. The molecule has 0 spiro atoms. The number of halogens is 1. The fraction of sp³-hybridized carbons (Fsp3) is 0.300. The van der Waals surface area contributed by atoms with Crippen LogP contribution in [0.3, 0.4) is 0 Å². The number of hydrogen-bond donors (Lipinski definition) is 3. The highest BCUT2D eigenvalue weighted by Gasteiger charge is 2.43. The predicted molar refractivity (Wildman–Crippen MR) is 58.5 cm³/mol. The largest absolute Gasteiger partial charge is 0.478 e. The lowest BCUT2D eigenvalue weighted by molar-refractivity contribution is -0.134. The molecule has 0 aromatic carbocycles. The molecule has 5 nitrogen and oxygen atoms in total. The number of aromatic nitrogens is 1. The van der Waals surface area contributed by atoms with Crippen molar-refractivity contribution < 1.29 is 15.0 Å². The molecule has 0 amide bonds. The Balaban J connectivity index is 2.63. The molecular weight excluding hydrogens is 232 g/mol. The zero-order valence-electron chi connectivity index (χ0n) is 8.57. The molecule has 1 atom stereocenters. The lowest BCUT2D eigenvalue weighted by Gasteiger charge is -2.31. The number of hydrogen-bond acceptors (Lipinski definition) is 3. The third-order valence-corrected chi connectivity index (χ3v) is 2.93. The maximum Gasteiger partial charge on any atom is 0.338 e. The van der Waals surface area contributed by atoms with Crippen LogP contribution in [-0.4, -0.2) is 20.9 Å². The van der Waals surface area contributed by atoms with Crippen molar-refractivity contribution in [1.82, 2.24) is 4.68 Å². The van der Waals surface area contributed by atoms with Crippen LogP contribution in [0.25, 0.3) is 0 Å². The van der Waals surface area contributed by atoms with Crippen LogP contribution in [0.4, 0.5) is 0 Å². The summed E-state index contributed by atoms with van der Waals surface area (Å²) in [6.07, 6.45) is 2.10. The number of rotatable bonds is 2. The molecule has 1 aliphatic rings. The molecule has 86 valence electrons. The van der Waals surface area contributed by atoms with Crippen molar-refractivity contribution in [2.45, 2.75) is 18.4 Å². The van der Waals surface area contributed by atoms with Gasteiger partial charge in [0.1, 0.15) is 5.57 Å². The summed E-state index contributed by atoms with van der Waals surface area (Å²) in [5.41, 5.74) is 3.36. The fourth-order valence-corrected chi connectivity index (χ4v) is 2.15. The minimum absolute atomic E-state index is 0.220. The fourth-order valence-electron chi connectivity index (χ4n) is 1.80. The van der Waals surface area contributed by atoms with Crippen LogP contribution in [0.1, 0.15) is 19.0 Å². The van der Waals surface area contributed by atoms with Gasteiger partial charge in [-0.15, -0.1) is 0 Å². The summed E-state index contributed by atoms with van der Waals surface area (Å²) < 4.78 is 1.51. The second-order valence-corrected chi connectivity index (χ2v) is 4.06. The Labute approximate surface area is 96.9 Å². The molecule has 2 rings (SSSR count). The van der Waals surface area contributed by atoms with Crippen molar-refractivity contribution in [2.24, 2.45) is 0 Å². The number of carbonyl (C=O) groups is 1. The molecule has 16 heavy (non-hydrogen) atoms. The zero-order valence-corrected chi connectivity index (χ0v) is 9.32. The normalized spacial score (nSPS) is 23.9. The summed E-state index contributed by atoms with van der Waals surface area (Å²) in [5.74, 6) is -1.23. The van der Waals surface area contributed by atoms with Gasteiger partial charge in [-0.1, -0.05) is 18.5 Å². The number of nitrogens with one attached hydrogen (secondary N) is 1. The third kappa shape index (κ3) is 1.40. The van der Waals surface area contributed by atoms with Crippen molar-refractivity contribution in [3.8, 4) is 0 Å². The number of carboxylic acids is 1. The molecule has 0 radical (unpaired) electrons. The van der Waals surface area contributed by atoms with E-state index < -0.39 is 11.0 Å². The molecule has 1 aromatic heterocycles. The maximum atomic E-state index is 11.1. The molecule has 0 saturated carbocycles. The van der Waals surface area contributed by atoms with Gasteiger partial charge in [-0.3, -0.25) is 10.1 Å². The summed E-state index contributed by atoms with van der Waals surface area (Å²) in [6, 6.07) is 3.24. The van der Waals surface area contributed by atoms with Crippen molar-refractivity contribution >= 4 is 17.6 Å². The zero-order chi connectivity index (χ0) is 11.9. The molecule has 0 bridgehead atoms. The minimum atomic E-state index is -1.99. The average molecular weight is 243 g/mol. The van der Waals surface area contributed by atoms with E-state index in [-0.39, 0.29) is 5.57 Å². The second-order valence-electron chi connectivity index (χ2n) is 3.51. The quantitative estimate of drug-likeness (QED) is 0.681. The molecule has 1 unspecified atom stereocenters. The smallest absolute Gasteiger partial charge is 0.338 e. The minimum Gasteiger partial charge on any atom is -0.478 e. The van der Waals surface area contributed by atoms with Crippen molar-refractivity contribution in [3.63, 3.8) is 0 Å². The first-order chi connectivity index (χ1) is 7.48. The van der Waals surface area contributed by atoms with E-state index in [1.165, 1.54) is 4.68 Å². The number of carboxylic acid groups (broad SMARTS) is 1. The van der Waals surface area contributed by atoms with Crippen LogP contribution in [0, 0.1) is 0 Å². The van der Waals surface area contributed by atoms with Gasteiger partial charge in [-0.05, 0) is 18.6 Å². The van der Waals surface area contributed by atoms with Crippen molar-refractivity contribution in [3.05, 3.63) is 35.3 Å². The predicted octanol–water partition coefficient (Wildman–Crippen LogP) is 1.18. The number of aliphatic hydroxyl groups is 1. The van der Waals surface area contributed by atoms with E-state index in [9.17, 15) is 9.90 Å². The van der Waals surface area contributed by atoms with Gasteiger partial charge in [0.05, 0.1) is 5.69 Å². The lowest BCUT2D eigenvalue weighted by atomic mass is 10.0. The van der Waals surface area contributed by atoms with E-state index in [0.717, 1.165) is 0 Å². The number of fused-ring (bicyclic) bond motifs is 1. The summed E-state index contributed by atoms with van der Waals surface area (Å²) in [6.45, 7) is 1.78. The van der Waals surface area contributed by atoms with E-state index in [2.05, 4.69) is 5.43 Å². The van der Waals surface area contributed by atoms with Gasteiger partial charge >= 0.3 is 5.97 Å². The van der Waals surface area contributed by atoms with E-state index in [4.69, 9.17) is 16.7 Å². The van der Waals surface area contributed by atoms with Crippen LogP contribution < -0.4 is 5.43 Å². The van der Waals surface area contributed by atoms with Crippen LogP contribution >= 0.6 is 11.6 Å². The van der Waals surface area contributed by atoms with Gasteiger partial charge in [0.2, 0.25) is 5.06 Å². The second kappa shape index (κ2) is 3.54. The third-order valence-electron chi connectivity index (χ3n) is 2.54. The Hall–Kier alpha value is -1.46. The lowest BCUT2D eigenvalue weighted by Crippen LogP contribution is -2.38. The Morgan fingerprint density at radius 2 is 2.38 bits per heavy atom. The topological polar surface area (TPSA) is 74.5 Å². The maximum absolute atomic E-state index is 11.1. The van der Waals surface area contributed by atoms with Gasteiger partial charge in [0.25, 0.3) is 0 Å². The molecule has 0 aliphatic carbocycles. The van der Waals surface area contributed by atoms with E-state index in [1.807, 2.05) is 0 Å². The Kier molecular flexibility index (Phi) is 2.44. The van der Waals surface area contributed by atoms with Gasteiger partial charge in [-0.25, -0.2) is 4.79 Å². The average Bonchev–Trinajstić information content (AvgIpc) is 2.64. The van der Waals surface area contributed by atoms with Crippen molar-refractivity contribution in [1.29, 1.82) is 0 Å². The molecule has 1 aliphatic heterocycles. The standard InChI is InChI=1S/C10H11ClN2O3/c1-2-6-8(9(14)15)10(11,16)7-4-3-5-13(7)12-6/h3-5,12,16H,2H2,1H3,(H,14,15). The highest BCUT2D eigenvalue weighted by Crippen LogP contribution is 2.39. The number of aliphatic carboxylic acids is 1. The molecule has 0 fully saturated rings.